The highest BCUT2D eigenvalue weighted by atomic mass is 32.1. The van der Waals surface area contributed by atoms with Crippen molar-refractivity contribution in [2.45, 2.75) is 6.54 Å². The zero-order chi connectivity index (χ0) is 12.9. The Balaban J connectivity index is 1.70. The fourth-order valence-electron chi connectivity index (χ4n) is 1.48. The van der Waals surface area contributed by atoms with Gasteiger partial charge in [-0.25, -0.2) is 14.7 Å². The number of hydrogen-bond donors (Lipinski definition) is 0. The maximum Gasteiger partial charge on any atom is 0.231 e. The lowest BCUT2D eigenvalue weighted by molar-refractivity contribution is 0.675. The van der Waals surface area contributed by atoms with Crippen molar-refractivity contribution in [3.63, 3.8) is 0 Å². The average molecular weight is 270 g/mol. The van der Waals surface area contributed by atoms with Gasteiger partial charge in [0.2, 0.25) is 5.13 Å². The van der Waals surface area contributed by atoms with Gasteiger partial charge in [-0.1, -0.05) is 41.7 Å². The molecule has 1 aromatic carbocycles. The molecule has 0 unspecified atom stereocenters. The second kappa shape index (κ2) is 5.49. The van der Waals surface area contributed by atoms with Gasteiger partial charge in [-0.05, 0) is 5.56 Å². The number of rotatable bonds is 4. The summed E-state index contributed by atoms with van der Waals surface area (Å²) in [5.41, 5.74) is 1.04. The van der Waals surface area contributed by atoms with Crippen molar-refractivity contribution < 1.29 is 0 Å². The summed E-state index contributed by atoms with van der Waals surface area (Å²) in [6, 6.07) is 9.88. The zero-order valence-corrected chi connectivity index (χ0v) is 10.7. The third-order valence-electron chi connectivity index (χ3n) is 2.34. The highest BCUT2D eigenvalue weighted by molar-refractivity contribution is 7.14. The summed E-state index contributed by atoms with van der Waals surface area (Å²) in [6.07, 6.45) is 4.92. The molecular weight excluding hydrogens is 260 g/mol. The molecule has 0 aliphatic rings. The first kappa shape index (κ1) is 11.7. The molecule has 0 aliphatic heterocycles. The minimum Gasteiger partial charge on any atom is -0.246 e. The summed E-state index contributed by atoms with van der Waals surface area (Å²) in [6.45, 7) is 0.568. The van der Waals surface area contributed by atoms with Gasteiger partial charge >= 0.3 is 0 Å². The second-order valence-electron chi connectivity index (χ2n) is 3.74. The first-order valence-corrected chi connectivity index (χ1v) is 6.46. The number of aromatic nitrogens is 5. The van der Waals surface area contributed by atoms with E-state index in [-0.39, 0.29) is 0 Å². The molecule has 7 heteroatoms. The van der Waals surface area contributed by atoms with E-state index in [1.165, 1.54) is 17.7 Å². The molecule has 3 rings (SSSR count). The third-order valence-corrected chi connectivity index (χ3v) is 3.16. The van der Waals surface area contributed by atoms with Crippen LogP contribution in [-0.2, 0) is 6.54 Å². The second-order valence-corrected chi connectivity index (χ2v) is 4.78. The van der Waals surface area contributed by atoms with E-state index in [9.17, 15) is 0 Å². The van der Waals surface area contributed by atoms with Crippen LogP contribution in [0.4, 0.5) is 5.13 Å². The molecule has 0 spiro atoms. The van der Waals surface area contributed by atoms with Gasteiger partial charge in [-0.3, -0.25) is 0 Å². The number of hydrogen-bond acceptors (Lipinski definition) is 6. The Bertz CT molecular complexity index is 659. The lowest BCUT2D eigenvalue weighted by Crippen LogP contribution is -1.99. The monoisotopic (exact) mass is 270 g/mol. The number of aliphatic imine (C=N–C) groups is 1. The molecule has 0 bridgehead atoms. The fourth-order valence-corrected chi connectivity index (χ4v) is 2.16. The standard InChI is InChI=1S/C12H10N6S/c1-2-4-10(5-3-1)6-14-12-17-16-11(19-12)7-18-9-13-8-15-18/h1-6,8-9H,7H2/b14-6+. The van der Waals surface area contributed by atoms with E-state index in [0.717, 1.165) is 10.6 Å². The molecule has 0 amide bonds. The lowest BCUT2D eigenvalue weighted by Gasteiger charge is -1.92. The van der Waals surface area contributed by atoms with Gasteiger partial charge in [0.25, 0.3) is 0 Å². The van der Waals surface area contributed by atoms with Gasteiger partial charge < -0.3 is 0 Å². The van der Waals surface area contributed by atoms with E-state index in [0.29, 0.717) is 11.7 Å². The molecule has 0 saturated heterocycles. The Morgan fingerprint density at radius 1 is 1.21 bits per heavy atom. The third kappa shape index (κ3) is 3.08. The maximum absolute atomic E-state index is 4.30. The molecule has 19 heavy (non-hydrogen) atoms. The van der Waals surface area contributed by atoms with Crippen LogP contribution in [0.15, 0.2) is 48.0 Å². The zero-order valence-electron chi connectivity index (χ0n) is 9.92. The van der Waals surface area contributed by atoms with E-state index < -0.39 is 0 Å². The van der Waals surface area contributed by atoms with Crippen LogP contribution in [0.2, 0.25) is 0 Å². The first-order valence-electron chi connectivity index (χ1n) is 5.64. The topological polar surface area (TPSA) is 68.8 Å². The van der Waals surface area contributed by atoms with Gasteiger partial charge in [0.15, 0.2) is 0 Å². The van der Waals surface area contributed by atoms with E-state index in [2.05, 4.69) is 25.3 Å². The molecule has 2 aromatic heterocycles. The highest BCUT2D eigenvalue weighted by Crippen LogP contribution is 2.18. The lowest BCUT2D eigenvalue weighted by atomic mass is 10.2. The van der Waals surface area contributed by atoms with E-state index >= 15 is 0 Å². The Morgan fingerprint density at radius 2 is 2.11 bits per heavy atom. The Hall–Kier alpha value is -2.41. The summed E-state index contributed by atoms with van der Waals surface area (Å²) < 4.78 is 1.70. The van der Waals surface area contributed by atoms with Crippen molar-refractivity contribution in [1.29, 1.82) is 0 Å². The van der Waals surface area contributed by atoms with Crippen LogP contribution < -0.4 is 0 Å². The van der Waals surface area contributed by atoms with Crippen molar-refractivity contribution >= 4 is 22.7 Å². The smallest absolute Gasteiger partial charge is 0.231 e. The van der Waals surface area contributed by atoms with Crippen LogP contribution in [0.25, 0.3) is 0 Å². The summed E-state index contributed by atoms with van der Waals surface area (Å²) >= 11 is 1.44. The summed E-state index contributed by atoms with van der Waals surface area (Å²) in [5, 5.41) is 13.6. The quantitative estimate of drug-likeness (QED) is 0.679. The van der Waals surface area contributed by atoms with Crippen LogP contribution in [-0.4, -0.2) is 31.2 Å². The fraction of sp³-hybridized carbons (Fsp3) is 0.0833. The van der Waals surface area contributed by atoms with Crippen molar-refractivity contribution in [2.24, 2.45) is 4.99 Å². The highest BCUT2D eigenvalue weighted by Gasteiger charge is 2.03. The van der Waals surface area contributed by atoms with Gasteiger partial charge in [0.1, 0.15) is 17.7 Å². The van der Waals surface area contributed by atoms with Crippen LogP contribution >= 0.6 is 11.3 Å². The average Bonchev–Trinajstić information content (AvgIpc) is 3.10. The molecule has 3 aromatic rings. The summed E-state index contributed by atoms with van der Waals surface area (Å²) in [7, 11) is 0. The molecule has 2 heterocycles. The number of benzene rings is 1. The van der Waals surface area contributed by atoms with Gasteiger partial charge in [-0.2, -0.15) is 5.10 Å². The van der Waals surface area contributed by atoms with Crippen molar-refractivity contribution in [2.75, 3.05) is 0 Å². The summed E-state index contributed by atoms with van der Waals surface area (Å²) in [4.78, 5) is 8.18. The molecule has 0 radical (unpaired) electrons. The predicted octanol–water partition coefficient (Wildman–Crippen LogP) is 1.93. The molecule has 0 N–H and O–H groups in total. The van der Waals surface area contributed by atoms with Crippen LogP contribution in [0.5, 0.6) is 0 Å². The van der Waals surface area contributed by atoms with Crippen LogP contribution in [0.1, 0.15) is 10.6 Å². The minimum atomic E-state index is 0.568. The Labute approximate surface area is 113 Å². The first-order chi connectivity index (χ1) is 9.40. The number of nitrogens with zero attached hydrogens (tertiary/aromatic N) is 6. The molecular formula is C12H10N6S. The van der Waals surface area contributed by atoms with Crippen molar-refractivity contribution in [1.82, 2.24) is 25.0 Å². The van der Waals surface area contributed by atoms with E-state index in [4.69, 9.17) is 0 Å². The van der Waals surface area contributed by atoms with E-state index in [1.807, 2.05) is 30.3 Å². The molecule has 0 fully saturated rings. The van der Waals surface area contributed by atoms with Gasteiger partial charge in [0.05, 0.1) is 6.54 Å². The molecule has 0 atom stereocenters. The Kier molecular flexibility index (Phi) is 3.37. The van der Waals surface area contributed by atoms with Crippen molar-refractivity contribution in [3.05, 3.63) is 53.6 Å². The van der Waals surface area contributed by atoms with E-state index in [1.54, 1.807) is 17.2 Å². The van der Waals surface area contributed by atoms with Crippen LogP contribution in [0.3, 0.4) is 0 Å². The minimum absolute atomic E-state index is 0.568. The largest absolute Gasteiger partial charge is 0.246 e. The molecule has 94 valence electrons. The summed E-state index contributed by atoms with van der Waals surface area (Å²) in [5.74, 6) is 0. The maximum atomic E-state index is 4.30. The predicted molar refractivity (Wildman–Crippen MR) is 72.7 cm³/mol. The van der Waals surface area contributed by atoms with Gasteiger partial charge in [-0.15, -0.1) is 10.2 Å². The van der Waals surface area contributed by atoms with Crippen molar-refractivity contribution in [3.8, 4) is 0 Å². The van der Waals surface area contributed by atoms with Crippen LogP contribution in [0, 0.1) is 0 Å². The molecule has 6 nitrogen and oxygen atoms in total. The Morgan fingerprint density at radius 3 is 2.89 bits per heavy atom. The molecule has 0 aliphatic carbocycles. The molecule has 0 saturated carbocycles. The normalized spacial score (nSPS) is 11.2. The van der Waals surface area contributed by atoms with Gasteiger partial charge in [0, 0.05) is 6.21 Å². The SMILES string of the molecule is C(=N\c1nnc(Cn2cncn2)s1)/c1ccccc1.